The Labute approximate surface area is 131 Å². The summed E-state index contributed by atoms with van der Waals surface area (Å²) >= 11 is 0. The van der Waals surface area contributed by atoms with Crippen molar-refractivity contribution in [3.8, 4) is 0 Å². The highest BCUT2D eigenvalue weighted by atomic mass is 16.5. The highest BCUT2D eigenvalue weighted by Gasteiger charge is 2.43. The summed E-state index contributed by atoms with van der Waals surface area (Å²) in [5.74, 6) is 0.475. The van der Waals surface area contributed by atoms with E-state index in [4.69, 9.17) is 4.74 Å². The molecule has 2 aromatic rings. The minimum atomic E-state index is -0.686. The topological polar surface area (TPSA) is 93.1 Å². The number of hydrogen-bond donors (Lipinski definition) is 1. The molecule has 23 heavy (non-hydrogen) atoms. The van der Waals surface area contributed by atoms with Crippen LogP contribution in [-0.2, 0) is 24.4 Å². The van der Waals surface area contributed by atoms with Crippen molar-refractivity contribution in [2.75, 3.05) is 13.1 Å². The van der Waals surface area contributed by atoms with Crippen LogP contribution in [0.3, 0.4) is 0 Å². The third-order valence-corrected chi connectivity index (χ3v) is 4.50. The van der Waals surface area contributed by atoms with Crippen molar-refractivity contribution in [3.05, 3.63) is 56.6 Å². The van der Waals surface area contributed by atoms with Crippen LogP contribution in [0.25, 0.3) is 0 Å². The van der Waals surface area contributed by atoms with E-state index in [1.807, 2.05) is 18.2 Å². The SMILES string of the molecule is O=c1[nH]nc2n(c1=O)CC1(CCN(Cc3ccccn3)C1)OC2. The van der Waals surface area contributed by atoms with Gasteiger partial charge in [0, 0.05) is 25.8 Å². The van der Waals surface area contributed by atoms with E-state index in [1.165, 1.54) is 4.57 Å². The first-order chi connectivity index (χ1) is 11.2. The number of nitrogens with one attached hydrogen (secondary N) is 1. The minimum absolute atomic E-state index is 0.240. The standard InChI is InChI=1S/C15H17N5O3/c21-13-14(22)20-10-15(23-8-12(20)17-18-13)4-6-19(9-15)7-11-3-1-2-5-16-11/h1-3,5H,4,6-10H2,(H,18,21). The molecule has 8 heteroatoms. The average Bonchev–Trinajstić information content (AvgIpc) is 2.95. The second kappa shape index (κ2) is 5.39. The summed E-state index contributed by atoms with van der Waals surface area (Å²) < 4.78 is 7.46. The second-order valence-electron chi connectivity index (χ2n) is 6.11. The molecule has 0 amide bonds. The number of rotatable bonds is 2. The van der Waals surface area contributed by atoms with E-state index in [2.05, 4.69) is 20.1 Å². The lowest BCUT2D eigenvalue weighted by molar-refractivity contribution is -0.0853. The van der Waals surface area contributed by atoms with Crippen LogP contribution >= 0.6 is 0 Å². The van der Waals surface area contributed by atoms with Gasteiger partial charge in [-0.25, -0.2) is 5.10 Å². The van der Waals surface area contributed by atoms with Crippen LogP contribution in [0.5, 0.6) is 0 Å². The lowest BCUT2D eigenvalue weighted by Gasteiger charge is -2.34. The van der Waals surface area contributed by atoms with Crippen LogP contribution in [0, 0.1) is 0 Å². The van der Waals surface area contributed by atoms with Gasteiger partial charge in [-0.3, -0.25) is 24.0 Å². The Morgan fingerprint density at radius 1 is 1.30 bits per heavy atom. The van der Waals surface area contributed by atoms with E-state index in [9.17, 15) is 9.59 Å². The van der Waals surface area contributed by atoms with E-state index >= 15 is 0 Å². The van der Waals surface area contributed by atoms with Crippen molar-refractivity contribution in [3.63, 3.8) is 0 Å². The number of fused-ring (bicyclic) bond motifs is 1. The normalized spacial score (nSPS) is 24.0. The molecule has 0 aliphatic carbocycles. The fourth-order valence-electron chi connectivity index (χ4n) is 3.32. The van der Waals surface area contributed by atoms with Crippen LogP contribution in [0.15, 0.2) is 34.0 Å². The Hall–Kier alpha value is -2.32. The van der Waals surface area contributed by atoms with Crippen LogP contribution in [0.1, 0.15) is 17.9 Å². The van der Waals surface area contributed by atoms with Gasteiger partial charge in [0.25, 0.3) is 0 Å². The molecule has 0 saturated carbocycles. The van der Waals surface area contributed by atoms with E-state index in [-0.39, 0.29) is 6.61 Å². The van der Waals surface area contributed by atoms with Gasteiger partial charge in [-0.2, -0.15) is 5.10 Å². The van der Waals surface area contributed by atoms with Crippen molar-refractivity contribution in [1.29, 1.82) is 0 Å². The molecular formula is C15H17N5O3. The molecule has 8 nitrogen and oxygen atoms in total. The van der Waals surface area contributed by atoms with Gasteiger partial charge >= 0.3 is 11.1 Å². The van der Waals surface area contributed by atoms with E-state index in [0.717, 1.165) is 25.2 Å². The molecule has 1 fully saturated rings. The van der Waals surface area contributed by atoms with Crippen molar-refractivity contribution in [2.45, 2.75) is 31.7 Å². The Kier molecular flexibility index (Phi) is 3.35. The zero-order valence-corrected chi connectivity index (χ0v) is 12.6. The predicted octanol–water partition coefficient (Wildman–Crippen LogP) is -0.499. The molecule has 2 aromatic heterocycles. The molecular weight excluding hydrogens is 298 g/mol. The van der Waals surface area contributed by atoms with Gasteiger partial charge in [-0.1, -0.05) is 6.07 Å². The van der Waals surface area contributed by atoms with Crippen molar-refractivity contribution < 1.29 is 4.74 Å². The number of pyridine rings is 1. The first-order valence-electron chi connectivity index (χ1n) is 7.60. The summed E-state index contributed by atoms with van der Waals surface area (Å²) in [5, 5.41) is 6.11. The molecule has 1 saturated heterocycles. The smallest absolute Gasteiger partial charge is 0.330 e. The lowest BCUT2D eigenvalue weighted by atomic mass is 10.0. The summed E-state index contributed by atoms with van der Waals surface area (Å²) in [6, 6.07) is 5.86. The Morgan fingerprint density at radius 3 is 3.04 bits per heavy atom. The second-order valence-corrected chi connectivity index (χ2v) is 6.11. The molecule has 4 rings (SSSR count). The summed E-state index contributed by atoms with van der Waals surface area (Å²) in [5.41, 5.74) is -0.660. The molecule has 1 spiro atoms. The Bertz CT molecular complexity index is 831. The maximum Gasteiger partial charge on any atom is 0.330 e. The van der Waals surface area contributed by atoms with Gasteiger partial charge in [-0.15, -0.1) is 0 Å². The monoisotopic (exact) mass is 315 g/mol. The fourth-order valence-corrected chi connectivity index (χ4v) is 3.32. The molecule has 1 atom stereocenters. The van der Waals surface area contributed by atoms with Crippen LogP contribution in [0.4, 0.5) is 0 Å². The first kappa shape index (κ1) is 14.3. The van der Waals surface area contributed by atoms with Crippen molar-refractivity contribution in [1.82, 2.24) is 24.6 Å². The Morgan fingerprint density at radius 2 is 2.22 bits per heavy atom. The quantitative estimate of drug-likeness (QED) is 0.751. The van der Waals surface area contributed by atoms with Gasteiger partial charge in [0.15, 0.2) is 5.82 Å². The van der Waals surface area contributed by atoms with Gasteiger partial charge in [0.2, 0.25) is 0 Å². The van der Waals surface area contributed by atoms with Crippen molar-refractivity contribution >= 4 is 0 Å². The molecule has 0 bridgehead atoms. The number of nitrogens with zero attached hydrogens (tertiary/aromatic N) is 4. The summed E-state index contributed by atoms with van der Waals surface area (Å²) in [6.07, 6.45) is 2.60. The van der Waals surface area contributed by atoms with Gasteiger partial charge in [-0.05, 0) is 18.6 Å². The van der Waals surface area contributed by atoms with Gasteiger partial charge in [0.05, 0.1) is 12.2 Å². The van der Waals surface area contributed by atoms with E-state index < -0.39 is 16.7 Å². The predicted molar refractivity (Wildman–Crippen MR) is 80.8 cm³/mol. The number of aromatic nitrogens is 4. The number of aromatic amines is 1. The average molecular weight is 315 g/mol. The zero-order chi connectivity index (χ0) is 15.9. The number of H-pyrrole nitrogens is 1. The molecule has 2 aliphatic rings. The third kappa shape index (κ3) is 2.60. The highest BCUT2D eigenvalue weighted by molar-refractivity contribution is 5.06. The molecule has 4 heterocycles. The summed E-state index contributed by atoms with van der Waals surface area (Å²) in [6.45, 7) is 2.95. The molecule has 0 radical (unpaired) electrons. The first-order valence-corrected chi connectivity index (χ1v) is 7.60. The molecule has 1 unspecified atom stereocenters. The molecule has 120 valence electrons. The van der Waals surface area contributed by atoms with E-state index in [0.29, 0.717) is 18.9 Å². The lowest BCUT2D eigenvalue weighted by Crippen LogP contribution is -2.51. The molecule has 2 aliphatic heterocycles. The zero-order valence-electron chi connectivity index (χ0n) is 12.6. The van der Waals surface area contributed by atoms with Gasteiger partial charge < -0.3 is 4.74 Å². The Balaban J connectivity index is 1.54. The van der Waals surface area contributed by atoms with Crippen LogP contribution < -0.4 is 11.1 Å². The van der Waals surface area contributed by atoms with Crippen molar-refractivity contribution in [2.24, 2.45) is 0 Å². The molecule has 0 aromatic carbocycles. The summed E-state index contributed by atoms with van der Waals surface area (Å²) in [4.78, 5) is 30.1. The minimum Gasteiger partial charge on any atom is -0.364 e. The number of ether oxygens (including phenoxy) is 1. The third-order valence-electron chi connectivity index (χ3n) is 4.50. The fraction of sp³-hybridized carbons (Fsp3) is 0.467. The van der Waals surface area contributed by atoms with Crippen LogP contribution in [-0.4, -0.2) is 43.3 Å². The maximum atomic E-state index is 12.0. The van der Waals surface area contributed by atoms with Gasteiger partial charge in [0.1, 0.15) is 12.2 Å². The maximum absolute atomic E-state index is 12.0. The van der Waals surface area contributed by atoms with E-state index in [1.54, 1.807) is 6.20 Å². The largest absolute Gasteiger partial charge is 0.364 e. The highest BCUT2D eigenvalue weighted by Crippen LogP contribution is 2.31. The number of hydrogen-bond acceptors (Lipinski definition) is 6. The van der Waals surface area contributed by atoms with Crippen LogP contribution in [0.2, 0.25) is 0 Å². The molecule has 1 N–H and O–H groups in total. The number of likely N-dealkylation sites (tertiary alicyclic amines) is 1. The summed E-state index contributed by atoms with van der Waals surface area (Å²) in [7, 11) is 0.